The number of hydrogen-bond acceptors (Lipinski definition) is 5. The first-order chi connectivity index (χ1) is 9.73. The van der Waals surface area contributed by atoms with Crippen molar-refractivity contribution in [3.63, 3.8) is 0 Å². The minimum Gasteiger partial charge on any atom is -0.326 e. The van der Waals surface area contributed by atoms with E-state index < -0.39 is 20.6 Å². The molecule has 0 radical (unpaired) electrons. The molecule has 1 heterocycles. The predicted octanol–water partition coefficient (Wildman–Crippen LogP) is 1.61. The van der Waals surface area contributed by atoms with Gasteiger partial charge in [-0.05, 0) is 24.5 Å². The van der Waals surface area contributed by atoms with Gasteiger partial charge in [0.05, 0.1) is 9.82 Å². The van der Waals surface area contributed by atoms with Crippen LogP contribution in [0.15, 0.2) is 23.1 Å². The smallest absolute Gasteiger partial charge is 0.289 e. The van der Waals surface area contributed by atoms with Crippen LogP contribution >= 0.6 is 11.6 Å². The number of piperidine rings is 1. The van der Waals surface area contributed by atoms with E-state index in [0.717, 1.165) is 6.07 Å². The molecule has 2 rings (SSSR count). The van der Waals surface area contributed by atoms with Crippen LogP contribution in [0.1, 0.15) is 13.3 Å². The Labute approximate surface area is 127 Å². The van der Waals surface area contributed by atoms with E-state index in [9.17, 15) is 18.5 Å². The number of halogens is 1. The van der Waals surface area contributed by atoms with Crippen molar-refractivity contribution in [1.29, 1.82) is 0 Å². The first-order valence-corrected chi connectivity index (χ1v) is 8.25. The Balaban J connectivity index is 2.36. The molecular weight excluding hydrogens is 318 g/mol. The Hall–Kier alpha value is -1.22. The summed E-state index contributed by atoms with van der Waals surface area (Å²) in [6.07, 6.45) is 0.663. The van der Waals surface area contributed by atoms with Gasteiger partial charge < -0.3 is 5.73 Å². The maximum Gasteiger partial charge on any atom is 0.289 e. The molecule has 9 heteroatoms. The van der Waals surface area contributed by atoms with Crippen molar-refractivity contribution in [2.45, 2.75) is 24.3 Å². The van der Waals surface area contributed by atoms with Crippen LogP contribution in [-0.4, -0.2) is 36.8 Å². The van der Waals surface area contributed by atoms with Crippen LogP contribution in [-0.2, 0) is 10.0 Å². The molecule has 0 aromatic heterocycles. The second-order valence-electron chi connectivity index (χ2n) is 5.16. The van der Waals surface area contributed by atoms with E-state index in [2.05, 4.69) is 0 Å². The monoisotopic (exact) mass is 333 g/mol. The van der Waals surface area contributed by atoms with E-state index in [1.54, 1.807) is 0 Å². The van der Waals surface area contributed by atoms with Crippen molar-refractivity contribution in [3.05, 3.63) is 33.3 Å². The maximum atomic E-state index is 12.5. The third-order valence-electron chi connectivity index (χ3n) is 3.73. The van der Waals surface area contributed by atoms with Crippen molar-refractivity contribution in [2.24, 2.45) is 11.7 Å². The molecule has 0 aliphatic carbocycles. The SMILES string of the molecule is CC1CCN(S(=O)(=O)c2ccc(Cl)c([N+](=O)[O-])c2)CC1N. The number of rotatable bonds is 3. The van der Waals surface area contributed by atoms with Crippen LogP contribution in [0, 0.1) is 16.0 Å². The molecule has 1 aliphatic heterocycles. The highest BCUT2D eigenvalue weighted by Crippen LogP contribution is 2.30. The van der Waals surface area contributed by atoms with Crippen molar-refractivity contribution in [2.75, 3.05) is 13.1 Å². The fourth-order valence-electron chi connectivity index (χ4n) is 2.23. The van der Waals surface area contributed by atoms with Gasteiger partial charge in [-0.2, -0.15) is 4.31 Å². The molecule has 0 spiro atoms. The quantitative estimate of drug-likeness (QED) is 0.668. The van der Waals surface area contributed by atoms with Gasteiger partial charge in [-0.3, -0.25) is 10.1 Å². The van der Waals surface area contributed by atoms with Gasteiger partial charge in [-0.25, -0.2) is 8.42 Å². The van der Waals surface area contributed by atoms with Crippen LogP contribution in [0.2, 0.25) is 5.02 Å². The molecule has 1 aromatic rings. The van der Waals surface area contributed by atoms with Crippen LogP contribution in [0.5, 0.6) is 0 Å². The molecule has 116 valence electrons. The average Bonchev–Trinajstić information content (AvgIpc) is 2.41. The van der Waals surface area contributed by atoms with Gasteiger partial charge in [-0.1, -0.05) is 18.5 Å². The van der Waals surface area contributed by atoms with Crippen LogP contribution in [0.4, 0.5) is 5.69 Å². The van der Waals surface area contributed by atoms with Crippen molar-refractivity contribution < 1.29 is 13.3 Å². The largest absolute Gasteiger partial charge is 0.326 e. The lowest BCUT2D eigenvalue weighted by atomic mass is 9.96. The van der Waals surface area contributed by atoms with Crippen molar-refractivity contribution >= 4 is 27.3 Å². The van der Waals surface area contributed by atoms with Crippen LogP contribution in [0.25, 0.3) is 0 Å². The number of sulfonamides is 1. The Morgan fingerprint density at radius 2 is 2.14 bits per heavy atom. The standard InChI is InChI=1S/C12H16ClN3O4S/c1-8-4-5-15(7-11(8)14)21(19,20)9-2-3-10(13)12(6-9)16(17)18/h2-3,6,8,11H,4-5,7,14H2,1H3. The summed E-state index contributed by atoms with van der Waals surface area (Å²) in [6, 6.07) is 3.24. The van der Waals surface area contributed by atoms with Gasteiger partial charge in [-0.15, -0.1) is 0 Å². The van der Waals surface area contributed by atoms with Crippen LogP contribution in [0.3, 0.4) is 0 Å². The van der Waals surface area contributed by atoms with Gasteiger partial charge >= 0.3 is 0 Å². The average molecular weight is 334 g/mol. The number of nitrogens with zero attached hydrogens (tertiary/aromatic N) is 2. The molecular formula is C12H16ClN3O4S. The topological polar surface area (TPSA) is 107 Å². The highest BCUT2D eigenvalue weighted by atomic mass is 35.5. The van der Waals surface area contributed by atoms with E-state index >= 15 is 0 Å². The number of nitro groups is 1. The summed E-state index contributed by atoms with van der Waals surface area (Å²) in [4.78, 5) is 10.0. The predicted molar refractivity (Wildman–Crippen MR) is 78.6 cm³/mol. The Morgan fingerprint density at radius 1 is 1.48 bits per heavy atom. The maximum absolute atomic E-state index is 12.5. The molecule has 7 nitrogen and oxygen atoms in total. The summed E-state index contributed by atoms with van der Waals surface area (Å²) < 4.78 is 26.3. The third-order valence-corrected chi connectivity index (χ3v) is 5.91. The third kappa shape index (κ3) is 3.18. The van der Waals surface area contributed by atoms with Gasteiger partial charge in [0.2, 0.25) is 10.0 Å². The van der Waals surface area contributed by atoms with Crippen LogP contribution < -0.4 is 5.73 Å². The highest BCUT2D eigenvalue weighted by molar-refractivity contribution is 7.89. The normalized spacial score (nSPS) is 24.0. The first kappa shape index (κ1) is 16.2. The minimum absolute atomic E-state index is 0.0945. The van der Waals surface area contributed by atoms with E-state index in [0.29, 0.717) is 13.0 Å². The first-order valence-electron chi connectivity index (χ1n) is 6.43. The summed E-state index contributed by atoms with van der Waals surface area (Å²) in [6.45, 7) is 2.54. The highest BCUT2D eigenvalue weighted by Gasteiger charge is 2.33. The Kier molecular flexibility index (Phi) is 4.52. The Morgan fingerprint density at radius 3 is 2.71 bits per heavy atom. The summed E-state index contributed by atoms with van der Waals surface area (Å²) in [5, 5.41) is 10.8. The molecule has 0 amide bonds. The zero-order chi connectivity index (χ0) is 15.8. The second-order valence-corrected chi connectivity index (χ2v) is 7.51. The molecule has 0 saturated carbocycles. The van der Waals surface area contributed by atoms with Crippen molar-refractivity contribution in [1.82, 2.24) is 4.31 Å². The fraction of sp³-hybridized carbons (Fsp3) is 0.500. The second kappa shape index (κ2) is 5.88. The van der Waals surface area contributed by atoms with E-state index in [1.807, 2.05) is 6.92 Å². The summed E-state index contributed by atoms with van der Waals surface area (Å²) in [5.41, 5.74) is 5.49. The molecule has 0 bridgehead atoms. The molecule has 2 unspecified atom stereocenters. The molecule has 1 saturated heterocycles. The lowest BCUT2D eigenvalue weighted by molar-refractivity contribution is -0.384. The zero-order valence-corrected chi connectivity index (χ0v) is 13.0. The summed E-state index contributed by atoms with van der Waals surface area (Å²) in [5.74, 6) is 0.246. The van der Waals surface area contributed by atoms with Gasteiger partial charge in [0.15, 0.2) is 0 Å². The number of nitrogens with two attached hydrogens (primary N) is 1. The van der Waals surface area contributed by atoms with E-state index in [1.165, 1.54) is 16.4 Å². The van der Waals surface area contributed by atoms with Gasteiger partial charge in [0.25, 0.3) is 5.69 Å². The lowest BCUT2D eigenvalue weighted by Crippen LogP contribution is -2.49. The lowest BCUT2D eigenvalue weighted by Gasteiger charge is -2.34. The number of benzene rings is 1. The van der Waals surface area contributed by atoms with Gasteiger partial charge in [0.1, 0.15) is 5.02 Å². The molecule has 1 fully saturated rings. The number of hydrogen-bond donors (Lipinski definition) is 1. The van der Waals surface area contributed by atoms with E-state index in [4.69, 9.17) is 17.3 Å². The molecule has 2 atom stereocenters. The number of nitro benzene ring substituents is 1. The van der Waals surface area contributed by atoms with E-state index in [-0.39, 0.29) is 28.4 Å². The Bertz CT molecular complexity index is 664. The molecule has 21 heavy (non-hydrogen) atoms. The molecule has 1 aliphatic rings. The summed E-state index contributed by atoms with van der Waals surface area (Å²) >= 11 is 5.70. The van der Waals surface area contributed by atoms with Crippen molar-refractivity contribution in [3.8, 4) is 0 Å². The van der Waals surface area contributed by atoms with Gasteiger partial charge in [0, 0.05) is 25.2 Å². The fourth-order valence-corrected chi connectivity index (χ4v) is 3.93. The molecule has 1 aromatic carbocycles. The summed E-state index contributed by atoms with van der Waals surface area (Å²) in [7, 11) is -3.80. The minimum atomic E-state index is -3.80. The molecule has 2 N–H and O–H groups in total. The zero-order valence-electron chi connectivity index (χ0n) is 11.4.